The van der Waals surface area contributed by atoms with E-state index in [1.54, 1.807) is 0 Å². The molecule has 0 saturated heterocycles. The minimum absolute atomic E-state index is 0.136. The van der Waals surface area contributed by atoms with E-state index >= 15 is 0 Å². The topological polar surface area (TPSA) is 111 Å². The van der Waals surface area contributed by atoms with Crippen molar-refractivity contribution in [2.24, 2.45) is 16.9 Å². The molecule has 0 aromatic heterocycles. The van der Waals surface area contributed by atoms with Crippen LogP contribution >= 0.6 is 0 Å². The zero-order valence-corrected chi connectivity index (χ0v) is 13.9. The van der Waals surface area contributed by atoms with Crippen LogP contribution in [0.5, 0.6) is 0 Å². The maximum atomic E-state index is 11.2. The maximum Gasteiger partial charge on any atom is 0.301 e. The van der Waals surface area contributed by atoms with Crippen molar-refractivity contribution < 1.29 is 9.85 Å². The highest BCUT2D eigenvalue weighted by Crippen LogP contribution is 2.31. The van der Waals surface area contributed by atoms with E-state index in [9.17, 15) is 20.2 Å². The molecule has 0 saturated carbocycles. The summed E-state index contributed by atoms with van der Waals surface area (Å²) in [6.07, 6.45) is 4.00. The Hall–Kier alpha value is -2.77. The van der Waals surface area contributed by atoms with Gasteiger partial charge in [0.05, 0.1) is 21.6 Å². The van der Waals surface area contributed by atoms with Crippen molar-refractivity contribution >= 4 is 22.8 Å². The summed E-state index contributed by atoms with van der Waals surface area (Å²) in [5.41, 5.74) is 4.22. The summed E-state index contributed by atoms with van der Waals surface area (Å²) in [6, 6.07) is 3.46. The van der Waals surface area contributed by atoms with Gasteiger partial charge in [0.25, 0.3) is 5.69 Å². The molecule has 0 fully saturated rings. The Morgan fingerprint density at radius 2 is 1.96 bits per heavy atom. The highest BCUT2D eigenvalue weighted by molar-refractivity contribution is 5.98. The van der Waals surface area contributed by atoms with Crippen molar-refractivity contribution in [2.75, 3.05) is 5.43 Å². The van der Waals surface area contributed by atoms with Gasteiger partial charge in [-0.15, -0.1) is 0 Å². The van der Waals surface area contributed by atoms with E-state index in [4.69, 9.17) is 0 Å². The van der Waals surface area contributed by atoms with Crippen molar-refractivity contribution in [3.63, 3.8) is 0 Å². The Kier molecular flexibility index (Phi) is 5.28. The molecule has 2 rings (SSSR count). The fourth-order valence-corrected chi connectivity index (χ4v) is 2.76. The molecule has 0 heterocycles. The van der Waals surface area contributed by atoms with Crippen LogP contribution in [0.15, 0.2) is 34.9 Å². The van der Waals surface area contributed by atoms with Gasteiger partial charge in [-0.1, -0.05) is 19.4 Å². The number of nitrogens with zero attached hydrogens (tertiary/aromatic N) is 3. The van der Waals surface area contributed by atoms with E-state index in [1.165, 1.54) is 17.7 Å². The molecule has 0 amide bonds. The Labute approximate surface area is 139 Å². The molecule has 1 aromatic rings. The van der Waals surface area contributed by atoms with Crippen LogP contribution in [-0.2, 0) is 0 Å². The number of nitro groups is 2. The Balaban J connectivity index is 2.34. The fraction of sp³-hybridized carbons (Fsp3) is 0.438. The molecule has 1 aromatic carbocycles. The lowest BCUT2D eigenvalue weighted by Crippen LogP contribution is -2.23. The molecule has 1 N–H and O–H groups in total. The first-order chi connectivity index (χ1) is 11.3. The van der Waals surface area contributed by atoms with E-state index in [-0.39, 0.29) is 23.0 Å². The summed E-state index contributed by atoms with van der Waals surface area (Å²) in [4.78, 5) is 20.6. The van der Waals surface area contributed by atoms with Crippen LogP contribution in [0.3, 0.4) is 0 Å². The van der Waals surface area contributed by atoms with Crippen LogP contribution in [0.2, 0.25) is 0 Å². The smallest absolute Gasteiger partial charge is 0.271 e. The van der Waals surface area contributed by atoms with Gasteiger partial charge in [0.15, 0.2) is 0 Å². The maximum absolute atomic E-state index is 11.2. The molecular weight excluding hydrogens is 312 g/mol. The van der Waals surface area contributed by atoms with Crippen LogP contribution in [0.4, 0.5) is 17.1 Å². The summed E-state index contributed by atoms with van der Waals surface area (Å²) < 4.78 is 0. The highest BCUT2D eigenvalue weighted by Gasteiger charge is 2.23. The van der Waals surface area contributed by atoms with Gasteiger partial charge in [-0.05, 0) is 37.8 Å². The predicted molar refractivity (Wildman–Crippen MR) is 92.1 cm³/mol. The number of hydrogen-bond donors (Lipinski definition) is 1. The molecule has 8 heteroatoms. The SMILES string of the molecule is CC1=C/C(=N\Nc2ccc([N+](=O)[O-])cc2[N+](=O)[O-])C(C(C)C)CC1. The third-order valence-corrected chi connectivity index (χ3v) is 4.12. The van der Waals surface area contributed by atoms with Crippen molar-refractivity contribution in [3.8, 4) is 0 Å². The average Bonchev–Trinajstić information content (AvgIpc) is 2.52. The summed E-state index contributed by atoms with van der Waals surface area (Å²) in [6.45, 7) is 6.26. The van der Waals surface area contributed by atoms with Crippen LogP contribution in [0, 0.1) is 32.1 Å². The monoisotopic (exact) mass is 332 g/mol. The van der Waals surface area contributed by atoms with E-state index < -0.39 is 9.85 Å². The van der Waals surface area contributed by atoms with E-state index in [0.29, 0.717) is 5.92 Å². The minimum atomic E-state index is -0.662. The van der Waals surface area contributed by atoms with Crippen molar-refractivity contribution in [2.45, 2.75) is 33.6 Å². The summed E-state index contributed by atoms with van der Waals surface area (Å²) in [5, 5.41) is 26.3. The Morgan fingerprint density at radius 3 is 2.54 bits per heavy atom. The van der Waals surface area contributed by atoms with Gasteiger partial charge in [-0.2, -0.15) is 5.10 Å². The van der Waals surface area contributed by atoms with Gasteiger partial charge in [0.2, 0.25) is 0 Å². The molecular formula is C16H20N4O4. The van der Waals surface area contributed by atoms with Crippen LogP contribution in [-0.4, -0.2) is 15.6 Å². The lowest BCUT2D eigenvalue weighted by molar-refractivity contribution is -0.393. The van der Waals surface area contributed by atoms with E-state index in [0.717, 1.165) is 24.6 Å². The van der Waals surface area contributed by atoms with Crippen molar-refractivity contribution in [3.05, 3.63) is 50.1 Å². The summed E-state index contributed by atoms with van der Waals surface area (Å²) >= 11 is 0. The number of nitro benzene ring substituents is 2. The number of anilines is 1. The fourth-order valence-electron chi connectivity index (χ4n) is 2.76. The first kappa shape index (κ1) is 17.6. The molecule has 0 spiro atoms. The second-order valence-electron chi connectivity index (χ2n) is 6.24. The number of non-ortho nitro benzene ring substituents is 1. The molecule has 8 nitrogen and oxygen atoms in total. The zero-order chi connectivity index (χ0) is 17.9. The molecule has 128 valence electrons. The van der Waals surface area contributed by atoms with Gasteiger partial charge in [0.1, 0.15) is 5.69 Å². The lowest BCUT2D eigenvalue weighted by Gasteiger charge is -2.25. The van der Waals surface area contributed by atoms with Crippen LogP contribution < -0.4 is 5.43 Å². The second-order valence-corrected chi connectivity index (χ2v) is 6.24. The number of nitrogens with one attached hydrogen (secondary N) is 1. The summed E-state index contributed by atoms with van der Waals surface area (Å²) in [5.74, 6) is 0.681. The van der Waals surface area contributed by atoms with Gasteiger partial charge in [0, 0.05) is 12.0 Å². The molecule has 0 bridgehead atoms. The second kappa shape index (κ2) is 7.20. The quantitative estimate of drug-likeness (QED) is 0.639. The van der Waals surface area contributed by atoms with Crippen LogP contribution in [0.1, 0.15) is 33.6 Å². The molecule has 0 aliphatic heterocycles. The molecule has 1 aliphatic rings. The van der Waals surface area contributed by atoms with E-state index in [1.807, 2.05) is 13.0 Å². The normalized spacial score (nSPS) is 19.2. The first-order valence-corrected chi connectivity index (χ1v) is 7.73. The first-order valence-electron chi connectivity index (χ1n) is 7.73. The van der Waals surface area contributed by atoms with Gasteiger partial charge >= 0.3 is 5.69 Å². The third-order valence-electron chi connectivity index (χ3n) is 4.12. The Morgan fingerprint density at radius 1 is 1.25 bits per heavy atom. The average molecular weight is 332 g/mol. The highest BCUT2D eigenvalue weighted by atomic mass is 16.6. The van der Waals surface area contributed by atoms with Gasteiger partial charge in [-0.3, -0.25) is 25.7 Å². The van der Waals surface area contributed by atoms with Crippen molar-refractivity contribution in [1.82, 2.24) is 0 Å². The number of rotatable bonds is 5. The zero-order valence-electron chi connectivity index (χ0n) is 13.9. The molecule has 1 unspecified atom stereocenters. The predicted octanol–water partition coefficient (Wildman–Crippen LogP) is 4.28. The number of hydrazone groups is 1. The minimum Gasteiger partial charge on any atom is -0.271 e. The van der Waals surface area contributed by atoms with Crippen LogP contribution in [0.25, 0.3) is 0 Å². The van der Waals surface area contributed by atoms with Crippen molar-refractivity contribution in [1.29, 1.82) is 0 Å². The number of benzene rings is 1. The molecule has 0 radical (unpaired) electrons. The van der Waals surface area contributed by atoms with E-state index in [2.05, 4.69) is 24.4 Å². The largest absolute Gasteiger partial charge is 0.301 e. The third kappa shape index (κ3) is 3.95. The van der Waals surface area contributed by atoms with Gasteiger partial charge < -0.3 is 0 Å². The standard InChI is InChI=1S/C16H20N4O4/c1-10(2)13-6-4-11(3)8-15(13)18-17-14-7-5-12(19(21)22)9-16(14)20(23)24/h5,7-10,13,17H,4,6H2,1-3H3/b18-15+. The molecule has 1 atom stereocenters. The number of allylic oxidation sites excluding steroid dienone is 2. The van der Waals surface area contributed by atoms with Gasteiger partial charge in [-0.25, -0.2) is 0 Å². The molecule has 24 heavy (non-hydrogen) atoms. The molecule has 1 aliphatic carbocycles. The Bertz CT molecular complexity index is 725. The number of hydrogen-bond acceptors (Lipinski definition) is 6. The summed E-state index contributed by atoms with van der Waals surface area (Å²) in [7, 11) is 0. The lowest BCUT2D eigenvalue weighted by atomic mass is 9.81.